The molecule has 0 radical (unpaired) electrons. The van der Waals surface area contributed by atoms with Crippen molar-refractivity contribution in [2.24, 2.45) is 0 Å². The molecule has 1 fully saturated rings. The van der Waals surface area contributed by atoms with Crippen LogP contribution in [0.4, 0.5) is 5.69 Å². The van der Waals surface area contributed by atoms with Gasteiger partial charge in [0.2, 0.25) is 0 Å². The molecule has 3 heterocycles. The predicted molar refractivity (Wildman–Crippen MR) is 146 cm³/mol. The van der Waals surface area contributed by atoms with Gasteiger partial charge < -0.3 is 14.8 Å². The second kappa shape index (κ2) is 9.11. The van der Waals surface area contributed by atoms with Crippen LogP contribution in [-0.4, -0.2) is 48.1 Å². The quantitative estimate of drug-likeness (QED) is 0.308. The number of anilines is 1. The molecule has 1 aliphatic heterocycles. The third-order valence-electron chi connectivity index (χ3n) is 6.77. The van der Waals surface area contributed by atoms with Crippen molar-refractivity contribution < 1.29 is 0 Å². The Morgan fingerprint density at radius 2 is 1.57 bits per heavy atom. The Morgan fingerprint density at radius 1 is 0.829 bits per heavy atom. The van der Waals surface area contributed by atoms with Crippen LogP contribution in [0, 0.1) is 11.8 Å². The van der Waals surface area contributed by atoms with E-state index < -0.39 is 0 Å². The van der Waals surface area contributed by atoms with E-state index in [1.807, 2.05) is 30.3 Å². The Labute approximate surface area is 210 Å². The summed E-state index contributed by atoms with van der Waals surface area (Å²) in [5.74, 6) is 6.56. The minimum absolute atomic E-state index is 0.659. The average Bonchev–Trinajstić information content (AvgIpc) is 3.27. The van der Waals surface area contributed by atoms with Gasteiger partial charge in [0.1, 0.15) is 5.65 Å². The molecule has 0 spiro atoms. The summed E-state index contributed by atoms with van der Waals surface area (Å²) >= 11 is 6.31. The van der Waals surface area contributed by atoms with E-state index in [4.69, 9.17) is 11.6 Å². The van der Waals surface area contributed by atoms with Crippen LogP contribution < -0.4 is 4.90 Å². The Kier molecular flexibility index (Phi) is 5.66. The van der Waals surface area contributed by atoms with Gasteiger partial charge in [-0.3, -0.25) is 0 Å². The molecule has 0 amide bonds. The minimum Gasteiger partial charge on any atom is -0.369 e. The van der Waals surface area contributed by atoms with Gasteiger partial charge in [0, 0.05) is 65.5 Å². The molecular weight excluding hydrogens is 452 g/mol. The Hall–Kier alpha value is -3.78. The van der Waals surface area contributed by atoms with Crippen LogP contribution in [0.1, 0.15) is 11.1 Å². The summed E-state index contributed by atoms with van der Waals surface area (Å²) in [7, 11) is 2.19. The number of halogens is 1. The molecule has 0 bridgehead atoms. The van der Waals surface area contributed by atoms with E-state index in [1.54, 1.807) is 6.20 Å². The van der Waals surface area contributed by atoms with Crippen molar-refractivity contribution in [2.75, 3.05) is 38.1 Å². The first-order valence-electron chi connectivity index (χ1n) is 11.9. The van der Waals surface area contributed by atoms with Gasteiger partial charge in [-0.15, -0.1) is 0 Å². The van der Waals surface area contributed by atoms with E-state index in [9.17, 15) is 0 Å². The van der Waals surface area contributed by atoms with E-state index in [0.29, 0.717) is 5.02 Å². The van der Waals surface area contributed by atoms with Gasteiger partial charge in [0.15, 0.2) is 0 Å². The lowest BCUT2D eigenvalue weighted by Gasteiger charge is -2.34. The third-order valence-corrected chi connectivity index (χ3v) is 7.10. The molecular formula is C30H25ClN4. The SMILES string of the molecule is CN1CCN(c2ccc(-c3ccc4[nH]c5nccc(C#Cc6ccccc6Cl)c5c4c3)cc2)CC1. The fourth-order valence-electron chi connectivity index (χ4n) is 4.73. The summed E-state index contributed by atoms with van der Waals surface area (Å²) in [6.07, 6.45) is 1.80. The zero-order chi connectivity index (χ0) is 23.8. The number of H-pyrrole nitrogens is 1. The monoisotopic (exact) mass is 476 g/mol. The third kappa shape index (κ3) is 4.25. The lowest BCUT2D eigenvalue weighted by atomic mass is 10.0. The highest BCUT2D eigenvalue weighted by molar-refractivity contribution is 6.31. The van der Waals surface area contributed by atoms with Crippen molar-refractivity contribution in [1.82, 2.24) is 14.9 Å². The van der Waals surface area contributed by atoms with Crippen LogP contribution >= 0.6 is 11.6 Å². The number of rotatable bonds is 2. The topological polar surface area (TPSA) is 35.2 Å². The zero-order valence-electron chi connectivity index (χ0n) is 19.6. The summed E-state index contributed by atoms with van der Waals surface area (Å²) in [6, 6.07) is 25.1. The highest BCUT2D eigenvalue weighted by atomic mass is 35.5. The van der Waals surface area contributed by atoms with E-state index >= 15 is 0 Å². The highest BCUT2D eigenvalue weighted by Gasteiger charge is 2.15. The molecule has 4 nitrogen and oxygen atoms in total. The first kappa shape index (κ1) is 21.7. The molecule has 0 aliphatic carbocycles. The Morgan fingerprint density at radius 3 is 2.37 bits per heavy atom. The van der Waals surface area contributed by atoms with E-state index in [1.165, 1.54) is 16.8 Å². The lowest BCUT2D eigenvalue weighted by Crippen LogP contribution is -2.44. The van der Waals surface area contributed by atoms with Crippen molar-refractivity contribution in [3.8, 4) is 23.0 Å². The second-order valence-corrected chi connectivity index (χ2v) is 9.44. The molecule has 35 heavy (non-hydrogen) atoms. The molecule has 1 saturated heterocycles. The van der Waals surface area contributed by atoms with Crippen LogP contribution in [0.2, 0.25) is 5.02 Å². The van der Waals surface area contributed by atoms with Crippen molar-refractivity contribution in [2.45, 2.75) is 0 Å². The standard InChI is InChI=1S/C30H25ClN4/c1-34-16-18-35(19-17-34)25-11-8-21(9-12-25)24-10-13-28-26(20-24)29-23(14-15-32-30(29)33-28)7-6-22-4-2-3-5-27(22)31/h2-5,8-15,20H,16-19H2,1H3,(H,32,33). The molecule has 0 atom stereocenters. The van der Waals surface area contributed by atoms with E-state index in [0.717, 1.165) is 59.2 Å². The molecule has 6 rings (SSSR count). The molecule has 5 heteroatoms. The number of likely N-dealkylation sites (N-methyl/N-ethyl adjacent to an activating group) is 1. The van der Waals surface area contributed by atoms with Crippen LogP contribution in [-0.2, 0) is 0 Å². The van der Waals surface area contributed by atoms with Crippen LogP contribution in [0.25, 0.3) is 33.1 Å². The number of hydrogen-bond donors (Lipinski definition) is 1. The molecule has 172 valence electrons. The first-order valence-corrected chi connectivity index (χ1v) is 12.2. The number of hydrogen-bond acceptors (Lipinski definition) is 3. The minimum atomic E-state index is 0.659. The van der Waals surface area contributed by atoms with Crippen LogP contribution in [0.3, 0.4) is 0 Å². The Balaban J connectivity index is 1.38. The van der Waals surface area contributed by atoms with Crippen LogP contribution in [0.15, 0.2) is 79.0 Å². The summed E-state index contributed by atoms with van der Waals surface area (Å²) in [6.45, 7) is 4.35. The van der Waals surface area contributed by atoms with Gasteiger partial charge in [-0.25, -0.2) is 4.98 Å². The molecule has 0 saturated carbocycles. The molecule has 0 unspecified atom stereocenters. The van der Waals surface area contributed by atoms with Crippen LogP contribution in [0.5, 0.6) is 0 Å². The van der Waals surface area contributed by atoms with Gasteiger partial charge >= 0.3 is 0 Å². The number of piperazine rings is 1. The predicted octanol–water partition coefficient (Wildman–Crippen LogP) is 6.19. The van der Waals surface area contributed by atoms with Gasteiger partial charge in [-0.2, -0.15) is 0 Å². The molecule has 1 aliphatic rings. The van der Waals surface area contributed by atoms with E-state index in [-0.39, 0.29) is 0 Å². The number of fused-ring (bicyclic) bond motifs is 3. The van der Waals surface area contributed by atoms with Crippen molar-refractivity contribution in [1.29, 1.82) is 0 Å². The number of aromatic amines is 1. The average molecular weight is 477 g/mol. The number of aromatic nitrogens is 2. The molecule has 2 aromatic heterocycles. The number of benzene rings is 3. The van der Waals surface area contributed by atoms with E-state index in [2.05, 4.69) is 81.1 Å². The Bertz CT molecular complexity index is 1580. The summed E-state index contributed by atoms with van der Waals surface area (Å²) in [5, 5.41) is 2.82. The molecule has 3 aromatic carbocycles. The number of nitrogens with zero attached hydrogens (tertiary/aromatic N) is 3. The fraction of sp³-hybridized carbons (Fsp3) is 0.167. The van der Waals surface area contributed by atoms with Crippen molar-refractivity contribution in [3.63, 3.8) is 0 Å². The summed E-state index contributed by atoms with van der Waals surface area (Å²) in [5.41, 5.74) is 7.31. The lowest BCUT2D eigenvalue weighted by molar-refractivity contribution is 0.313. The number of pyridine rings is 1. The molecule has 5 aromatic rings. The summed E-state index contributed by atoms with van der Waals surface area (Å²) in [4.78, 5) is 12.8. The maximum atomic E-state index is 6.31. The maximum absolute atomic E-state index is 6.31. The van der Waals surface area contributed by atoms with Gasteiger partial charge in [0.05, 0.1) is 5.02 Å². The maximum Gasteiger partial charge on any atom is 0.139 e. The van der Waals surface area contributed by atoms with Gasteiger partial charge in [-0.05, 0) is 60.6 Å². The zero-order valence-corrected chi connectivity index (χ0v) is 20.3. The largest absolute Gasteiger partial charge is 0.369 e. The molecule has 1 N–H and O–H groups in total. The second-order valence-electron chi connectivity index (χ2n) is 9.03. The van der Waals surface area contributed by atoms with Crippen molar-refractivity contribution in [3.05, 3.63) is 95.1 Å². The normalized spacial score (nSPS) is 14.3. The smallest absolute Gasteiger partial charge is 0.139 e. The van der Waals surface area contributed by atoms with Gasteiger partial charge in [0.25, 0.3) is 0 Å². The van der Waals surface area contributed by atoms with Gasteiger partial charge in [-0.1, -0.05) is 53.8 Å². The fourth-order valence-corrected chi connectivity index (χ4v) is 4.91. The summed E-state index contributed by atoms with van der Waals surface area (Å²) < 4.78 is 0. The highest BCUT2D eigenvalue weighted by Crippen LogP contribution is 2.32. The first-order chi connectivity index (χ1) is 17.2. The number of nitrogens with one attached hydrogen (secondary N) is 1. The van der Waals surface area contributed by atoms with Crippen molar-refractivity contribution >= 4 is 39.2 Å².